The molecule has 1 saturated heterocycles. The Balaban J connectivity index is 1.66. The zero-order chi connectivity index (χ0) is 18.3. The molecule has 3 N–H and O–H groups in total. The molecule has 1 fully saturated rings. The maximum Gasteiger partial charge on any atom is 0.167 e. The molecule has 136 valence electrons. The fraction of sp³-hybridized carbons (Fsp3) is 0.389. The van der Waals surface area contributed by atoms with Crippen molar-refractivity contribution in [2.24, 2.45) is 0 Å². The van der Waals surface area contributed by atoms with Gasteiger partial charge in [0, 0.05) is 12.1 Å². The number of hydrogen-bond acceptors (Lipinski definition) is 7. The smallest absolute Gasteiger partial charge is 0.167 e. The van der Waals surface area contributed by atoms with Gasteiger partial charge in [0.1, 0.15) is 18.7 Å². The summed E-state index contributed by atoms with van der Waals surface area (Å²) in [6.07, 6.45) is 1.75. The first-order chi connectivity index (χ1) is 12.6. The van der Waals surface area contributed by atoms with Gasteiger partial charge in [-0.1, -0.05) is 6.07 Å². The Labute approximate surface area is 150 Å². The minimum Gasteiger partial charge on any atom is -0.394 e. The van der Waals surface area contributed by atoms with Crippen molar-refractivity contribution in [1.29, 1.82) is 0 Å². The molecule has 3 heterocycles. The third kappa shape index (κ3) is 2.92. The third-order valence-electron chi connectivity index (χ3n) is 4.82. The number of aryl methyl sites for hydroxylation is 2. The normalized spacial score (nSPS) is 22.8. The highest BCUT2D eigenvalue weighted by molar-refractivity contribution is 5.85. The SMILES string of the molecule is Cc1ccc(Nc2ncnc3c2ncn3[C@H]2C[C@H](O)[C@@H](CO)O2)cc1C. The number of benzene rings is 1. The lowest BCUT2D eigenvalue weighted by atomic mass is 10.1. The van der Waals surface area contributed by atoms with Crippen molar-refractivity contribution in [2.45, 2.75) is 38.7 Å². The second-order valence-corrected chi connectivity index (χ2v) is 6.59. The van der Waals surface area contributed by atoms with Crippen molar-refractivity contribution in [3.8, 4) is 0 Å². The molecular formula is C18H21N5O3. The Morgan fingerprint density at radius 3 is 2.81 bits per heavy atom. The van der Waals surface area contributed by atoms with Gasteiger partial charge in [-0.25, -0.2) is 15.0 Å². The summed E-state index contributed by atoms with van der Waals surface area (Å²) in [5.41, 5.74) is 4.58. The zero-order valence-corrected chi connectivity index (χ0v) is 14.6. The Kier molecular flexibility index (Phi) is 4.31. The Hall–Kier alpha value is -2.55. The van der Waals surface area contributed by atoms with E-state index in [4.69, 9.17) is 4.74 Å². The highest BCUT2D eigenvalue weighted by atomic mass is 16.5. The van der Waals surface area contributed by atoms with Crippen LogP contribution in [0.1, 0.15) is 23.8 Å². The van der Waals surface area contributed by atoms with Gasteiger partial charge in [0.25, 0.3) is 0 Å². The van der Waals surface area contributed by atoms with Gasteiger partial charge < -0.3 is 20.3 Å². The van der Waals surface area contributed by atoms with Crippen molar-refractivity contribution >= 4 is 22.7 Å². The fourth-order valence-corrected chi connectivity index (χ4v) is 3.16. The topological polar surface area (TPSA) is 105 Å². The van der Waals surface area contributed by atoms with Crippen LogP contribution in [0, 0.1) is 13.8 Å². The van der Waals surface area contributed by atoms with Crippen LogP contribution in [0.4, 0.5) is 11.5 Å². The Bertz CT molecular complexity index is 942. The van der Waals surface area contributed by atoms with E-state index < -0.39 is 18.4 Å². The van der Waals surface area contributed by atoms with Gasteiger partial charge in [0.2, 0.25) is 0 Å². The number of aliphatic hydroxyl groups excluding tert-OH is 2. The molecule has 0 aliphatic carbocycles. The van der Waals surface area contributed by atoms with Crippen LogP contribution in [0.5, 0.6) is 0 Å². The largest absolute Gasteiger partial charge is 0.394 e. The minimum atomic E-state index is -0.711. The van der Waals surface area contributed by atoms with Gasteiger partial charge in [0.15, 0.2) is 17.0 Å². The van der Waals surface area contributed by atoms with E-state index in [0.29, 0.717) is 23.4 Å². The van der Waals surface area contributed by atoms with Gasteiger partial charge in [0.05, 0.1) is 19.0 Å². The van der Waals surface area contributed by atoms with E-state index >= 15 is 0 Å². The van der Waals surface area contributed by atoms with Crippen LogP contribution < -0.4 is 5.32 Å². The number of fused-ring (bicyclic) bond motifs is 1. The molecule has 4 rings (SSSR count). The van der Waals surface area contributed by atoms with Crippen LogP contribution >= 0.6 is 0 Å². The minimum absolute atomic E-state index is 0.223. The lowest BCUT2D eigenvalue weighted by molar-refractivity contribution is -0.0432. The maximum atomic E-state index is 9.96. The van der Waals surface area contributed by atoms with Crippen molar-refractivity contribution < 1.29 is 14.9 Å². The van der Waals surface area contributed by atoms with E-state index in [2.05, 4.69) is 46.2 Å². The molecule has 3 aromatic rings. The Morgan fingerprint density at radius 2 is 2.08 bits per heavy atom. The number of nitrogens with zero attached hydrogens (tertiary/aromatic N) is 4. The summed E-state index contributed by atoms with van der Waals surface area (Å²) in [4.78, 5) is 13.1. The molecule has 0 bridgehead atoms. The summed E-state index contributed by atoms with van der Waals surface area (Å²) in [5.74, 6) is 0.606. The average Bonchev–Trinajstić information content (AvgIpc) is 3.22. The molecule has 0 unspecified atom stereocenters. The summed E-state index contributed by atoms with van der Waals surface area (Å²) in [6.45, 7) is 3.91. The van der Waals surface area contributed by atoms with Crippen LogP contribution in [0.15, 0.2) is 30.9 Å². The third-order valence-corrected chi connectivity index (χ3v) is 4.82. The summed E-state index contributed by atoms with van der Waals surface area (Å²) in [6, 6.07) is 6.11. The molecule has 1 aliphatic heterocycles. The highest BCUT2D eigenvalue weighted by Gasteiger charge is 2.35. The standard InChI is InChI=1S/C18H21N5O3/c1-10-3-4-12(5-11(10)2)22-17-16-18(20-8-19-17)23(9-21-16)15-6-13(25)14(7-24)26-15/h3-5,8-9,13-15,24-25H,6-7H2,1-2H3,(H,19,20,22)/t13-,14+,15+/m0/s1. The van der Waals surface area contributed by atoms with Gasteiger partial charge >= 0.3 is 0 Å². The monoisotopic (exact) mass is 355 g/mol. The van der Waals surface area contributed by atoms with E-state index in [1.807, 2.05) is 6.07 Å². The summed E-state index contributed by atoms with van der Waals surface area (Å²) < 4.78 is 7.47. The average molecular weight is 355 g/mol. The van der Waals surface area contributed by atoms with Crippen LogP contribution in [-0.4, -0.2) is 48.5 Å². The number of hydrogen-bond donors (Lipinski definition) is 3. The number of rotatable bonds is 4. The van der Waals surface area contributed by atoms with Gasteiger partial charge in [-0.3, -0.25) is 4.57 Å². The van der Waals surface area contributed by atoms with Gasteiger partial charge in [-0.15, -0.1) is 0 Å². The first-order valence-electron chi connectivity index (χ1n) is 8.53. The lowest BCUT2D eigenvalue weighted by Crippen LogP contribution is -2.24. The van der Waals surface area contributed by atoms with Gasteiger partial charge in [-0.2, -0.15) is 0 Å². The van der Waals surface area contributed by atoms with Crippen molar-refractivity contribution in [1.82, 2.24) is 19.5 Å². The number of anilines is 2. The van der Waals surface area contributed by atoms with Crippen molar-refractivity contribution in [3.05, 3.63) is 42.0 Å². The second kappa shape index (κ2) is 6.64. The lowest BCUT2D eigenvalue weighted by Gasteiger charge is -2.13. The van der Waals surface area contributed by atoms with Crippen LogP contribution in [0.25, 0.3) is 11.2 Å². The first-order valence-corrected chi connectivity index (χ1v) is 8.53. The molecule has 0 amide bonds. The molecule has 1 aromatic carbocycles. The molecule has 1 aliphatic rings. The highest BCUT2D eigenvalue weighted by Crippen LogP contribution is 2.32. The van der Waals surface area contributed by atoms with E-state index in [0.717, 1.165) is 5.69 Å². The molecule has 0 saturated carbocycles. The molecule has 0 spiro atoms. The molecule has 2 aromatic heterocycles. The van der Waals surface area contributed by atoms with Gasteiger partial charge in [-0.05, 0) is 37.1 Å². The summed E-state index contributed by atoms with van der Waals surface area (Å²) >= 11 is 0. The zero-order valence-electron chi connectivity index (χ0n) is 14.6. The number of aliphatic hydroxyl groups is 2. The molecule has 0 radical (unpaired) electrons. The van der Waals surface area contributed by atoms with Crippen LogP contribution in [0.3, 0.4) is 0 Å². The molecule has 3 atom stereocenters. The quantitative estimate of drug-likeness (QED) is 0.655. The fourth-order valence-electron chi connectivity index (χ4n) is 3.16. The van der Waals surface area contributed by atoms with E-state index in [1.165, 1.54) is 17.5 Å². The Morgan fingerprint density at radius 1 is 1.23 bits per heavy atom. The van der Waals surface area contributed by atoms with Crippen LogP contribution in [0.2, 0.25) is 0 Å². The predicted molar refractivity (Wildman–Crippen MR) is 96.1 cm³/mol. The molecular weight excluding hydrogens is 334 g/mol. The number of aromatic nitrogens is 4. The van der Waals surface area contributed by atoms with E-state index in [9.17, 15) is 10.2 Å². The summed E-state index contributed by atoms with van der Waals surface area (Å²) in [7, 11) is 0. The number of ether oxygens (including phenoxy) is 1. The molecule has 26 heavy (non-hydrogen) atoms. The van der Waals surface area contributed by atoms with Crippen molar-refractivity contribution in [2.75, 3.05) is 11.9 Å². The number of nitrogens with one attached hydrogen (secondary N) is 1. The summed E-state index contributed by atoms with van der Waals surface area (Å²) in [5, 5.41) is 22.5. The predicted octanol–water partition coefficient (Wildman–Crippen LogP) is 1.83. The van der Waals surface area contributed by atoms with E-state index in [-0.39, 0.29) is 6.61 Å². The second-order valence-electron chi connectivity index (χ2n) is 6.59. The van der Waals surface area contributed by atoms with Crippen LogP contribution in [-0.2, 0) is 4.74 Å². The first kappa shape index (κ1) is 16.9. The van der Waals surface area contributed by atoms with Crippen molar-refractivity contribution in [3.63, 3.8) is 0 Å². The molecule has 8 heteroatoms. The molecule has 8 nitrogen and oxygen atoms in total. The maximum absolute atomic E-state index is 9.96. The van der Waals surface area contributed by atoms with E-state index in [1.54, 1.807) is 10.9 Å². The number of imidazole rings is 1.